The van der Waals surface area contributed by atoms with Crippen LogP contribution in [0.15, 0.2) is 16.6 Å². The van der Waals surface area contributed by atoms with Gasteiger partial charge in [0.05, 0.1) is 11.4 Å². The van der Waals surface area contributed by atoms with E-state index in [4.69, 9.17) is 0 Å². The molecule has 0 fully saturated rings. The second-order valence-electron chi connectivity index (χ2n) is 3.67. The third kappa shape index (κ3) is 4.94. The van der Waals surface area contributed by atoms with Gasteiger partial charge in [0, 0.05) is 17.3 Å². The molecule has 0 unspecified atom stereocenters. The van der Waals surface area contributed by atoms with Gasteiger partial charge in [0.25, 0.3) is 0 Å². The molecule has 1 heterocycles. The molecule has 0 radical (unpaired) electrons. The van der Waals surface area contributed by atoms with Crippen LogP contribution in [0.25, 0.3) is 0 Å². The molecule has 16 heavy (non-hydrogen) atoms. The number of rotatable bonds is 5. The van der Waals surface area contributed by atoms with Crippen LogP contribution < -0.4 is 5.32 Å². The number of sulfone groups is 1. The van der Waals surface area contributed by atoms with Gasteiger partial charge in [-0.1, -0.05) is 0 Å². The highest BCUT2D eigenvalue weighted by Crippen LogP contribution is 2.15. The second kappa shape index (κ2) is 5.63. The first-order chi connectivity index (χ1) is 7.38. The van der Waals surface area contributed by atoms with Crippen LogP contribution in [0, 0.1) is 6.92 Å². The maximum atomic E-state index is 10.9. The maximum absolute atomic E-state index is 10.9. The van der Waals surface area contributed by atoms with Crippen molar-refractivity contribution in [2.24, 2.45) is 0 Å². The predicted molar refractivity (Wildman–Crippen MR) is 69.5 cm³/mol. The van der Waals surface area contributed by atoms with Crippen molar-refractivity contribution in [3.63, 3.8) is 0 Å². The number of nitrogens with zero attached hydrogens (tertiary/aromatic N) is 1. The molecule has 6 heteroatoms. The minimum Gasteiger partial charge on any atom is -0.370 e. The Hall–Kier alpha value is -0.620. The number of hydrogen-bond acceptors (Lipinski definition) is 4. The van der Waals surface area contributed by atoms with E-state index in [9.17, 15) is 8.42 Å². The summed E-state index contributed by atoms with van der Waals surface area (Å²) in [7, 11) is -2.86. The van der Waals surface area contributed by atoms with Crippen LogP contribution in [0.3, 0.4) is 0 Å². The summed E-state index contributed by atoms with van der Waals surface area (Å²) < 4.78 is 22.8. The molecular formula is C10H15BrN2O2S. The highest BCUT2D eigenvalue weighted by molar-refractivity contribution is 9.10. The van der Waals surface area contributed by atoms with Gasteiger partial charge in [-0.2, -0.15) is 0 Å². The van der Waals surface area contributed by atoms with Crippen molar-refractivity contribution in [3.8, 4) is 0 Å². The lowest BCUT2D eigenvalue weighted by Crippen LogP contribution is -2.10. The zero-order valence-electron chi connectivity index (χ0n) is 9.33. The lowest BCUT2D eigenvalue weighted by atomic mass is 10.3. The van der Waals surface area contributed by atoms with Gasteiger partial charge in [0.1, 0.15) is 15.7 Å². The molecule has 0 aliphatic carbocycles. The molecule has 0 atom stereocenters. The standard InChI is InChI=1S/C10H15BrN2O2S/c1-8-9(11)4-5-10(13-8)12-6-3-7-16(2,14)15/h4-5H,3,6-7H2,1-2H3,(H,12,13). The van der Waals surface area contributed by atoms with E-state index in [1.54, 1.807) is 0 Å². The fraction of sp³-hybridized carbons (Fsp3) is 0.500. The summed E-state index contributed by atoms with van der Waals surface area (Å²) in [5.74, 6) is 0.976. The van der Waals surface area contributed by atoms with Crippen molar-refractivity contribution >= 4 is 31.6 Å². The topological polar surface area (TPSA) is 59.1 Å². The van der Waals surface area contributed by atoms with Crippen LogP contribution in [0.2, 0.25) is 0 Å². The average Bonchev–Trinajstić information content (AvgIpc) is 2.17. The van der Waals surface area contributed by atoms with Gasteiger partial charge in [-0.15, -0.1) is 0 Å². The molecular weight excluding hydrogens is 292 g/mol. The molecule has 1 rings (SSSR count). The highest BCUT2D eigenvalue weighted by atomic mass is 79.9. The Bertz CT molecular complexity index is 460. The maximum Gasteiger partial charge on any atom is 0.147 e. The summed E-state index contributed by atoms with van der Waals surface area (Å²) in [6.07, 6.45) is 1.84. The number of hydrogen-bond donors (Lipinski definition) is 1. The number of anilines is 1. The first-order valence-corrected chi connectivity index (χ1v) is 7.78. The van der Waals surface area contributed by atoms with E-state index in [-0.39, 0.29) is 5.75 Å². The van der Waals surface area contributed by atoms with Gasteiger partial charge in [-0.25, -0.2) is 13.4 Å². The van der Waals surface area contributed by atoms with E-state index < -0.39 is 9.84 Å². The summed E-state index contributed by atoms with van der Waals surface area (Å²) in [6, 6.07) is 3.78. The van der Waals surface area contributed by atoms with E-state index in [0.717, 1.165) is 16.0 Å². The fourth-order valence-electron chi connectivity index (χ4n) is 1.19. The molecule has 1 N–H and O–H groups in total. The quantitative estimate of drug-likeness (QED) is 0.845. The molecule has 0 bridgehead atoms. The molecule has 1 aromatic rings. The van der Waals surface area contributed by atoms with Crippen molar-refractivity contribution in [1.82, 2.24) is 4.98 Å². The molecule has 0 aliphatic rings. The van der Waals surface area contributed by atoms with Gasteiger partial charge >= 0.3 is 0 Å². The Labute approximate surface area is 105 Å². The average molecular weight is 307 g/mol. The number of nitrogens with one attached hydrogen (secondary N) is 1. The minimum absolute atomic E-state index is 0.204. The minimum atomic E-state index is -2.86. The normalized spacial score (nSPS) is 11.4. The van der Waals surface area contributed by atoms with E-state index >= 15 is 0 Å². The Kier molecular flexibility index (Phi) is 4.73. The molecule has 1 aromatic heterocycles. The van der Waals surface area contributed by atoms with Crippen molar-refractivity contribution in [1.29, 1.82) is 0 Å². The molecule has 0 saturated heterocycles. The summed E-state index contributed by atoms with van der Waals surface area (Å²) in [5, 5.41) is 3.09. The molecule has 0 aromatic carbocycles. The van der Waals surface area contributed by atoms with Crippen LogP contribution in [0.4, 0.5) is 5.82 Å². The van der Waals surface area contributed by atoms with Crippen LogP contribution in [-0.4, -0.2) is 32.0 Å². The number of pyridine rings is 1. The van der Waals surface area contributed by atoms with Gasteiger partial charge < -0.3 is 5.32 Å². The second-order valence-corrected chi connectivity index (χ2v) is 6.79. The zero-order chi connectivity index (χ0) is 12.2. The lowest BCUT2D eigenvalue weighted by Gasteiger charge is -2.06. The third-order valence-corrected chi connectivity index (χ3v) is 3.89. The lowest BCUT2D eigenvalue weighted by molar-refractivity contribution is 0.600. The van der Waals surface area contributed by atoms with Gasteiger partial charge in [-0.3, -0.25) is 0 Å². The van der Waals surface area contributed by atoms with Crippen molar-refractivity contribution in [2.75, 3.05) is 23.9 Å². The van der Waals surface area contributed by atoms with Gasteiger partial charge in [-0.05, 0) is 41.4 Å². The van der Waals surface area contributed by atoms with Crippen LogP contribution in [0.5, 0.6) is 0 Å². The largest absolute Gasteiger partial charge is 0.370 e. The first kappa shape index (κ1) is 13.4. The Balaban J connectivity index is 2.41. The Morgan fingerprint density at radius 2 is 2.12 bits per heavy atom. The number of aromatic nitrogens is 1. The summed E-state index contributed by atoms with van der Waals surface area (Å²) in [6.45, 7) is 2.52. The van der Waals surface area contributed by atoms with E-state index in [1.807, 2.05) is 19.1 Å². The highest BCUT2D eigenvalue weighted by Gasteiger charge is 2.02. The monoisotopic (exact) mass is 306 g/mol. The zero-order valence-corrected chi connectivity index (χ0v) is 11.7. The third-order valence-electron chi connectivity index (χ3n) is 2.02. The Morgan fingerprint density at radius 3 is 2.69 bits per heavy atom. The van der Waals surface area contributed by atoms with E-state index in [0.29, 0.717) is 13.0 Å². The molecule has 0 amide bonds. The van der Waals surface area contributed by atoms with Gasteiger partial charge in [0.15, 0.2) is 0 Å². The van der Waals surface area contributed by atoms with E-state index in [1.165, 1.54) is 6.26 Å². The summed E-state index contributed by atoms with van der Waals surface area (Å²) >= 11 is 3.37. The smallest absolute Gasteiger partial charge is 0.147 e. The van der Waals surface area contributed by atoms with Crippen LogP contribution in [-0.2, 0) is 9.84 Å². The molecule has 0 saturated carbocycles. The van der Waals surface area contributed by atoms with Gasteiger partial charge in [0.2, 0.25) is 0 Å². The molecule has 90 valence electrons. The number of aryl methyl sites for hydroxylation is 1. The summed E-state index contributed by atoms with van der Waals surface area (Å²) in [5.41, 5.74) is 0.910. The molecule has 0 aliphatic heterocycles. The predicted octanol–water partition coefficient (Wildman–Crippen LogP) is 2.00. The molecule has 4 nitrogen and oxygen atoms in total. The van der Waals surface area contributed by atoms with Crippen molar-refractivity contribution in [2.45, 2.75) is 13.3 Å². The summed E-state index contributed by atoms with van der Waals surface area (Å²) in [4.78, 5) is 4.30. The molecule has 0 spiro atoms. The van der Waals surface area contributed by atoms with E-state index in [2.05, 4.69) is 26.2 Å². The van der Waals surface area contributed by atoms with Crippen LogP contribution >= 0.6 is 15.9 Å². The van der Waals surface area contributed by atoms with Crippen molar-refractivity contribution < 1.29 is 8.42 Å². The Morgan fingerprint density at radius 1 is 1.44 bits per heavy atom. The van der Waals surface area contributed by atoms with Crippen molar-refractivity contribution in [3.05, 3.63) is 22.3 Å². The fourth-order valence-corrected chi connectivity index (χ4v) is 2.08. The first-order valence-electron chi connectivity index (χ1n) is 4.93. The number of halogens is 1. The SMILES string of the molecule is Cc1nc(NCCCS(C)(=O)=O)ccc1Br. The van der Waals surface area contributed by atoms with Crippen LogP contribution in [0.1, 0.15) is 12.1 Å².